The van der Waals surface area contributed by atoms with E-state index < -0.39 is 11.6 Å². The fourth-order valence-electron chi connectivity index (χ4n) is 1.75. The van der Waals surface area contributed by atoms with Crippen molar-refractivity contribution in [1.29, 1.82) is 0 Å². The number of carboxylic acid groups (broad SMARTS) is 1. The first-order valence-corrected chi connectivity index (χ1v) is 7.14. The summed E-state index contributed by atoms with van der Waals surface area (Å²) in [6.45, 7) is 0.159. The first kappa shape index (κ1) is 14.2. The molecule has 0 saturated carbocycles. The number of amides is 1. The second-order valence-corrected chi connectivity index (χ2v) is 6.06. The van der Waals surface area contributed by atoms with Crippen molar-refractivity contribution in [3.8, 4) is 0 Å². The maximum absolute atomic E-state index is 11.8. The Morgan fingerprint density at radius 1 is 1.58 bits per heavy atom. The number of carbonyl (C=O) groups is 2. The molecule has 1 aromatic rings. The van der Waals surface area contributed by atoms with Crippen LogP contribution in [0.4, 0.5) is 0 Å². The third-order valence-corrected chi connectivity index (χ3v) is 4.62. The van der Waals surface area contributed by atoms with E-state index >= 15 is 0 Å². The predicted octanol–water partition coefficient (Wildman–Crippen LogP) is 1.84. The van der Waals surface area contributed by atoms with Gasteiger partial charge in [-0.1, -0.05) is 0 Å². The molecule has 1 aliphatic heterocycles. The SMILES string of the molecule is COC1(C(=O)O)CN(C(=O)/C=C/c2cc(Br)cs2)C1. The van der Waals surface area contributed by atoms with Crippen LogP contribution in [0, 0.1) is 0 Å². The first-order valence-electron chi connectivity index (χ1n) is 5.46. The second-order valence-electron chi connectivity index (χ2n) is 4.20. The van der Waals surface area contributed by atoms with Crippen LogP contribution in [0.25, 0.3) is 6.08 Å². The maximum atomic E-state index is 11.8. The zero-order chi connectivity index (χ0) is 14.0. The standard InChI is InChI=1S/C12H12BrNO4S/c1-18-12(11(16)17)6-14(7-12)10(15)3-2-9-4-8(13)5-19-9/h2-5H,6-7H2,1H3,(H,16,17)/b3-2+. The largest absolute Gasteiger partial charge is 0.479 e. The monoisotopic (exact) mass is 345 g/mol. The molecule has 0 spiro atoms. The number of carbonyl (C=O) groups excluding carboxylic acids is 1. The van der Waals surface area contributed by atoms with Crippen LogP contribution in [0.15, 0.2) is 22.0 Å². The Kier molecular flexibility index (Phi) is 4.07. The molecule has 2 rings (SSSR count). The average molecular weight is 346 g/mol. The topological polar surface area (TPSA) is 66.8 Å². The quantitative estimate of drug-likeness (QED) is 0.845. The van der Waals surface area contributed by atoms with E-state index in [0.717, 1.165) is 9.35 Å². The van der Waals surface area contributed by atoms with Crippen molar-refractivity contribution in [2.24, 2.45) is 0 Å². The highest BCUT2D eigenvalue weighted by molar-refractivity contribution is 9.10. The molecule has 0 unspecified atom stereocenters. The van der Waals surface area contributed by atoms with Crippen molar-refractivity contribution < 1.29 is 19.4 Å². The van der Waals surface area contributed by atoms with Gasteiger partial charge in [0.2, 0.25) is 5.91 Å². The average Bonchev–Trinajstić information content (AvgIpc) is 2.71. The van der Waals surface area contributed by atoms with Gasteiger partial charge in [-0.05, 0) is 28.1 Å². The van der Waals surface area contributed by atoms with Crippen molar-refractivity contribution >= 4 is 45.2 Å². The van der Waals surface area contributed by atoms with E-state index in [2.05, 4.69) is 15.9 Å². The van der Waals surface area contributed by atoms with Crippen LogP contribution in [-0.2, 0) is 14.3 Å². The molecule has 1 aliphatic rings. The van der Waals surface area contributed by atoms with Crippen molar-refractivity contribution in [2.45, 2.75) is 5.60 Å². The molecular weight excluding hydrogens is 334 g/mol. The number of hydrogen-bond donors (Lipinski definition) is 1. The molecule has 0 aromatic carbocycles. The summed E-state index contributed by atoms with van der Waals surface area (Å²) in [7, 11) is 1.34. The zero-order valence-electron chi connectivity index (χ0n) is 10.1. The van der Waals surface area contributed by atoms with E-state index in [1.54, 1.807) is 6.08 Å². The number of thiophene rings is 1. The summed E-state index contributed by atoms with van der Waals surface area (Å²) in [6, 6.07) is 1.90. The highest BCUT2D eigenvalue weighted by atomic mass is 79.9. The van der Waals surface area contributed by atoms with Gasteiger partial charge in [0.25, 0.3) is 0 Å². The van der Waals surface area contributed by atoms with Gasteiger partial charge in [0, 0.05) is 27.9 Å². The van der Waals surface area contributed by atoms with Crippen molar-refractivity contribution in [3.63, 3.8) is 0 Å². The van der Waals surface area contributed by atoms with E-state index in [1.165, 1.54) is 29.4 Å². The number of likely N-dealkylation sites (tertiary alicyclic amines) is 1. The Labute approximate surface area is 122 Å². The van der Waals surface area contributed by atoms with Crippen molar-refractivity contribution in [2.75, 3.05) is 20.2 Å². The number of aliphatic carboxylic acids is 1. The molecule has 1 fully saturated rings. The molecule has 1 amide bonds. The van der Waals surface area contributed by atoms with Gasteiger partial charge in [-0.15, -0.1) is 11.3 Å². The number of methoxy groups -OCH3 is 1. The zero-order valence-corrected chi connectivity index (χ0v) is 12.5. The summed E-state index contributed by atoms with van der Waals surface area (Å²) in [6.07, 6.45) is 3.16. The molecule has 0 radical (unpaired) electrons. The molecule has 0 bridgehead atoms. The van der Waals surface area contributed by atoms with E-state index in [9.17, 15) is 9.59 Å². The summed E-state index contributed by atoms with van der Waals surface area (Å²) in [4.78, 5) is 25.2. The van der Waals surface area contributed by atoms with E-state index in [4.69, 9.17) is 9.84 Å². The molecular formula is C12H12BrNO4S. The molecule has 102 valence electrons. The van der Waals surface area contributed by atoms with Crippen LogP contribution >= 0.6 is 27.3 Å². The molecule has 0 aliphatic carbocycles. The minimum Gasteiger partial charge on any atom is -0.479 e. The minimum atomic E-state index is -1.24. The fourth-order valence-corrected chi connectivity index (χ4v) is 3.09. The van der Waals surface area contributed by atoms with Gasteiger partial charge in [-0.3, -0.25) is 4.79 Å². The van der Waals surface area contributed by atoms with Gasteiger partial charge in [0.05, 0.1) is 13.1 Å². The van der Waals surface area contributed by atoms with E-state index in [0.29, 0.717) is 0 Å². The van der Waals surface area contributed by atoms with Crippen LogP contribution in [0.3, 0.4) is 0 Å². The normalized spacial score (nSPS) is 17.5. The summed E-state index contributed by atoms with van der Waals surface area (Å²) in [5.74, 6) is -1.25. The lowest BCUT2D eigenvalue weighted by Gasteiger charge is -2.45. The summed E-state index contributed by atoms with van der Waals surface area (Å²) >= 11 is 4.85. The summed E-state index contributed by atoms with van der Waals surface area (Å²) in [5.41, 5.74) is -1.24. The number of carboxylic acids is 1. The number of ether oxygens (including phenoxy) is 1. The molecule has 7 heteroatoms. The third-order valence-electron chi connectivity index (χ3n) is 2.96. The number of nitrogens with zero attached hydrogens (tertiary/aromatic N) is 1. The molecule has 5 nitrogen and oxygen atoms in total. The third kappa shape index (κ3) is 2.88. The summed E-state index contributed by atoms with van der Waals surface area (Å²) in [5, 5.41) is 10.9. The lowest BCUT2D eigenvalue weighted by molar-refractivity contribution is -0.186. The Morgan fingerprint density at radius 2 is 2.26 bits per heavy atom. The maximum Gasteiger partial charge on any atom is 0.339 e. The number of hydrogen-bond acceptors (Lipinski definition) is 4. The fraction of sp³-hybridized carbons (Fsp3) is 0.333. The smallest absolute Gasteiger partial charge is 0.339 e. The van der Waals surface area contributed by atoms with Crippen LogP contribution in [0.5, 0.6) is 0 Å². The second kappa shape index (κ2) is 5.44. The molecule has 1 N–H and O–H groups in total. The van der Waals surface area contributed by atoms with Gasteiger partial charge in [0.15, 0.2) is 5.60 Å². The Hall–Kier alpha value is -1.18. The first-order chi connectivity index (χ1) is 8.97. The van der Waals surface area contributed by atoms with Crippen LogP contribution in [0.2, 0.25) is 0 Å². The molecule has 2 heterocycles. The van der Waals surface area contributed by atoms with Crippen LogP contribution in [-0.4, -0.2) is 47.7 Å². The van der Waals surface area contributed by atoms with E-state index in [-0.39, 0.29) is 19.0 Å². The summed E-state index contributed by atoms with van der Waals surface area (Å²) < 4.78 is 5.93. The Balaban J connectivity index is 1.93. The number of rotatable bonds is 4. The predicted molar refractivity (Wildman–Crippen MR) is 75.0 cm³/mol. The van der Waals surface area contributed by atoms with E-state index in [1.807, 2.05) is 11.4 Å². The van der Waals surface area contributed by atoms with Gasteiger partial charge < -0.3 is 14.7 Å². The molecule has 0 atom stereocenters. The molecule has 19 heavy (non-hydrogen) atoms. The Bertz CT molecular complexity index is 534. The lowest BCUT2D eigenvalue weighted by Crippen LogP contribution is -2.68. The van der Waals surface area contributed by atoms with Gasteiger partial charge in [0.1, 0.15) is 0 Å². The van der Waals surface area contributed by atoms with Crippen LogP contribution in [0.1, 0.15) is 4.88 Å². The van der Waals surface area contributed by atoms with Crippen molar-refractivity contribution in [1.82, 2.24) is 4.90 Å². The molecule has 1 saturated heterocycles. The van der Waals surface area contributed by atoms with Gasteiger partial charge in [-0.2, -0.15) is 0 Å². The minimum absolute atomic E-state index is 0.0795. The lowest BCUT2D eigenvalue weighted by atomic mass is 9.94. The Morgan fingerprint density at radius 3 is 2.74 bits per heavy atom. The van der Waals surface area contributed by atoms with Crippen LogP contribution < -0.4 is 0 Å². The molecule has 1 aromatic heterocycles. The highest BCUT2D eigenvalue weighted by Gasteiger charge is 2.51. The van der Waals surface area contributed by atoms with Gasteiger partial charge >= 0.3 is 5.97 Å². The number of halogens is 1. The van der Waals surface area contributed by atoms with Gasteiger partial charge in [-0.25, -0.2) is 4.79 Å². The van der Waals surface area contributed by atoms with Crippen molar-refractivity contribution in [3.05, 3.63) is 26.9 Å². The highest BCUT2D eigenvalue weighted by Crippen LogP contribution is 2.26.